The molecule has 1 fully saturated rings. The number of amides is 2. The number of ether oxygens (including phenoxy) is 1. The van der Waals surface area contributed by atoms with E-state index in [1.165, 1.54) is 35.5 Å². The lowest BCUT2D eigenvalue weighted by Gasteiger charge is -2.24. The number of likely N-dealkylation sites (N-methyl/N-ethyl adjacent to an activating group) is 1. The van der Waals surface area contributed by atoms with Crippen LogP contribution in [0.25, 0.3) is 11.3 Å². The predicted molar refractivity (Wildman–Crippen MR) is 141 cm³/mol. The Kier molecular flexibility index (Phi) is 7.70. The number of nitrogen functional groups attached to an aromatic ring is 1. The molecule has 0 spiro atoms. The van der Waals surface area contributed by atoms with Crippen molar-refractivity contribution in [2.75, 3.05) is 24.7 Å². The minimum Gasteiger partial charge on any atom is -0.485 e. The van der Waals surface area contributed by atoms with Crippen LogP contribution >= 0.6 is 0 Å². The molecule has 198 valence electrons. The molecule has 0 bridgehead atoms. The molecule has 10 heteroatoms. The van der Waals surface area contributed by atoms with Gasteiger partial charge in [-0.25, -0.2) is 18.7 Å². The molecule has 8 nitrogen and oxygen atoms in total. The first kappa shape index (κ1) is 26.7. The molecule has 2 aromatic carbocycles. The standard InChI is InChI=1S/C28H29F2N5O3/c1-5-24(36)35(4)15(2)13-38-26-25(32-14-33-27(26)31)21-11-19(29)12-23(16(21)3)34-28(37)20-9-8-18(10-22(20)30)17-6-7-17/h5,8-12,14-15,17H,1,6-7,13H2,2-4H3,(H,34,37)(H2,31,32,33). The van der Waals surface area contributed by atoms with E-state index < -0.39 is 17.5 Å². The third-order valence-electron chi connectivity index (χ3n) is 6.65. The first-order chi connectivity index (χ1) is 18.1. The Bertz CT molecular complexity index is 1410. The molecule has 2 amide bonds. The number of carbonyl (C=O) groups excluding carboxylic acids is 2. The van der Waals surface area contributed by atoms with Gasteiger partial charge in [-0.15, -0.1) is 0 Å². The Morgan fingerprint density at radius 1 is 1.26 bits per heavy atom. The Labute approximate surface area is 219 Å². The smallest absolute Gasteiger partial charge is 0.258 e. The van der Waals surface area contributed by atoms with Crippen LogP contribution in [0, 0.1) is 18.6 Å². The highest BCUT2D eigenvalue weighted by molar-refractivity contribution is 6.05. The molecule has 4 rings (SSSR count). The van der Waals surface area contributed by atoms with Gasteiger partial charge in [-0.3, -0.25) is 9.59 Å². The highest BCUT2D eigenvalue weighted by Gasteiger charge is 2.26. The van der Waals surface area contributed by atoms with E-state index in [-0.39, 0.29) is 47.1 Å². The number of benzene rings is 2. The molecule has 0 saturated heterocycles. The van der Waals surface area contributed by atoms with Crippen LogP contribution in [0.1, 0.15) is 47.2 Å². The Morgan fingerprint density at radius 3 is 2.66 bits per heavy atom. The van der Waals surface area contributed by atoms with Crippen LogP contribution in [0.4, 0.5) is 20.3 Å². The third-order valence-corrected chi connectivity index (χ3v) is 6.65. The molecule has 0 radical (unpaired) electrons. The maximum atomic E-state index is 14.8. The fourth-order valence-corrected chi connectivity index (χ4v) is 4.03. The average molecular weight is 522 g/mol. The van der Waals surface area contributed by atoms with Gasteiger partial charge in [-0.2, -0.15) is 0 Å². The van der Waals surface area contributed by atoms with Gasteiger partial charge < -0.3 is 20.7 Å². The minimum atomic E-state index is -0.702. The van der Waals surface area contributed by atoms with Gasteiger partial charge in [-0.05, 0) is 74.1 Å². The molecular formula is C28H29F2N5O3. The molecular weight excluding hydrogens is 492 g/mol. The number of nitrogens with zero attached hydrogens (tertiary/aromatic N) is 3. The molecule has 3 N–H and O–H groups in total. The summed E-state index contributed by atoms with van der Waals surface area (Å²) in [5.74, 6) is -1.80. The van der Waals surface area contributed by atoms with Crippen molar-refractivity contribution in [3.05, 3.63) is 77.6 Å². The Balaban J connectivity index is 1.62. The van der Waals surface area contributed by atoms with Crippen molar-refractivity contribution >= 4 is 23.3 Å². The highest BCUT2D eigenvalue weighted by atomic mass is 19.1. The van der Waals surface area contributed by atoms with E-state index in [0.29, 0.717) is 17.0 Å². The van der Waals surface area contributed by atoms with Crippen molar-refractivity contribution in [1.82, 2.24) is 14.9 Å². The van der Waals surface area contributed by atoms with Crippen LogP contribution in [0.2, 0.25) is 0 Å². The van der Waals surface area contributed by atoms with Crippen molar-refractivity contribution in [3.63, 3.8) is 0 Å². The topological polar surface area (TPSA) is 110 Å². The van der Waals surface area contributed by atoms with Crippen LogP contribution in [-0.2, 0) is 4.79 Å². The largest absolute Gasteiger partial charge is 0.485 e. The lowest BCUT2D eigenvalue weighted by atomic mass is 10.0. The summed E-state index contributed by atoms with van der Waals surface area (Å²) in [5.41, 5.74) is 7.91. The van der Waals surface area contributed by atoms with Crippen LogP contribution in [-0.4, -0.2) is 46.4 Å². The quantitative estimate of drug-likeness (QED) is 0.390. The zero-order valence-corrected chi connectivity index (χ0v) is 21.4. The summed E-state index contributed by atoms with van der Waals surface area (Å²) >= 11 is 0. The molecule has 38 heavy (non-hydrogen) atoms. The Morgan fingerprint density at radius 2 is 2.00 bits per heavy atom. The molecule has 1 heterocycles. The first-order valence-electron chi connectivity index (χ1n) is 12.1. The predicted octanol–water partition coefficient (Wildman–Crippen LogP) is 4.85. The van der Waals surface area contributed by atoms with Crippen LogP contribution in [0.15, 0.2) is 49.3 Å². The zero-order valence-electron chi connectivity index (χ0n) is 21.4. The minimum absolute atomic E-state index is 0.0203. The number of hydrogen-bond acceptors (Lipinski definition) is 6. The van der Waals surface area contributed by atoms with Gasteiger partial charge in [-0.1, -0.05) is 12.6 Å². The summed E-state index contributed by atoms with van der Waals surface area (Å²) in [6.45, 7) is 6.97. The van der Waals surface area contributed by atoms with Crippen molar-refractivity contribution in [2.45, 2.75) is 38.6 Å². The summed E-state index contributed by atoms with van der Waals surface area (Å²) in [6.07, 6.45) is 4.44. The summed E-state index contributed by atoms with van der Waals surface area (Å²) in [7, 11) is 1.61. The molecule has 3 aromatic rings. The monoisotopic (exact) mass is 521 g/mol. The van der Waals surface area contributed by atoms with Crippen LogP contribution in [0.3, 0.4) is 0 Å². The second-order valence-corrected chi connectivity index (χ2v) is 9.34. The SMILES string of the molecule is C=CC(=O)N(C)C(C)COc1c(N)ncnc1-c1cc(F)cc(NC(=O)c2ccc(C3CC3)cc2F)c1C. The number of rotatable bonds is 9. The molecule has 1 aliphatic rings. The summed E-state index contributed by atoms with van der Waals surface area (Å²) < 4.78 is 35.3. The molecule has 1 aliphatic carbocycles. The second-order valence-electron chi connectivity index (χ2n) is 9.34. The van der Waals surface area contributed by atoms with Crippen molar-refractivity contribution in [2.24, 2.45) is 0 Å². The van der Waals surface area contributed by atoms with Crippen LogP contribution in [0.5, 0.6) is 5.75 Å². The number of aromatic nitrogens is 2. The van der Waals surface area contributed by atoms with Gasteiger partial charge in [0.15, 0.2) is 11.6 Å². The van der Waals surface area contributed by atoms with Crippen molar-refractivity contribution in [3.8, 4) is 17.0 Å². The van der Waals surface area contributed by atoms with Crippen molar-refractivity contribution < 1.29 is 23.1 Å². The zero-order chi connectivity index (χ0) is 27.6. The van der Waals surface area contributed by atoms with Gasteiger partial charge in [0.2, 0.25) is 5.91 Å². The van der Waals surface area contributed by atoms with Gasteiger partial charge in [0.25, 0.3) is 5.91 Å². The number of nitrogens with one attached hydrogen (secondary N) is 1. The van der Waals surface area contributed by atoms with E-state index in [0.717, 1.165) is 24.5 Å². The van der Waals surface area contributed by atoms with Gasteiger partial charge in [0.05, 0.1) is 11.6 Å². The summed E-state index contributed by atoms with van der Waals surface area (Å²) in [5, 5.41) is 2.61. The second kappa shape index (κ2) is 11.0. The van der Waals surface area contributed by atoms with Crippen molar-refractivity contribution in [1.29, 1.82) is 0 Å². The normalized spacial score (nSPS) is 13.5. The fourth-order valence-electron chi connectivity index (χ4n) is 4.03. The highest BCUT2D eigenvalue weighted by Crippen LogP contribution is 2.40. The maximum Gasteiger partial charge on any atom is 0.258 e. The first-order valence-corrected chi connectivity index (χ1v) is 12.1. The van der Waals surface area contributed by atoms with E-state index in [4.69, 9.17) is 10.5 Å². The molecule has 1 aromatic heterocycles. The number of halogens is 2. The van der Waals surface area contributed by atoms with Gasteiger partial charge >= 0.3 is 0 Å². The van der Waals surface area contributed by atoms with E-state index in [9.17, 15) is 18.4 Å². The molecule has 1 atom stereocenters. The summed E-state index contributed by atoms with van der Waals surface area (Å²) in [4.78, 5) is 34.5. The van der Waals surface area contributed by atoms with E-state index in [2.05, 4.69) is 21.9 Å². The fraction of sp³-hybridized carbons (Fsp3) is 0.286. The maximum absolute atomic E-state index is 14.8. The molecule has 0 aliphatic heterocycles. The summed E-state index contributed by atoms with van der Waals surface area (Å²) in [6, 6.07) is 6.61. The number of carbonyl (C=O) groups is 2. The number of anilines is 2. The lowest BCUT2D eigenvalue weighted by molar-refractivity contribution is -0.127. The average Bonchev–Trinajstić information content (AvgIpc) is 3.74. The van der Waals surface area contributed by atoms with E-state index in [1.54, 1.807) is 27.0 Å². The van der Waals surface area contributed by atoms with Gasteiger partial charge in [0.1, 0.15) is 30.3 Å². The lowest BCUT2D eigenvalue weighted by Crippen LogP contribution is -2.37. The van der Waals surface area contributed by atoms with Gasteiger partial charge in [0, 0.05) is 18.3 Å². The number of nitrogens with two attached hydrogens (primary N) is 1. The molecule has 1 saturated carbocycles. The molecule has 1 unspecified atom stereocenters. The van der Waals surface area contributed by atoms with E-state index in [1.807, 2.05) is 0 Å². The number of hydrogen-bond donors (Lipinski definition) is 2. The van der Waals surface area contributed by atoms with E-state index >= 15 is 0 Å². The third kappa shape index (κ3) is 5.64. The van der Waals surface area contributed by atoms with Crippen LogP contribution < -0.4 is 15.8 Å². The Hall–Kier alpha value is -4.34.